The van der Waals surface area contributed by atoms with E-state index in [1.165, 1.54) is 21.8 Å². The second kappa shape index (κ2) is 9.97. The van der Waals surface area contributed by atoms with Crippen LogP contribution in [-0.2, 0) is 0 Å². The van der Waals surface area contributed by atoms with Crippen molar-refractivity contribution in [2.45, 2.75) is 0 Å². The lowest BCUT2D eigenvalue weighted by Crippen LogP contribution is -2.19. The summed E-state index contributed by atoms with van der Waals surface area (Å²) in [7, 11) is 0. The minimum atomic E-state index is -0.0610. The molecule has 0 atom stereocenters. The van der Waals surface area contributed by atoms with Crippen molar-refractivity contribution in [1.29, 1.82) is 0 Å². The maximum absolute atomic E-state index is 13.5. The monoisotopic (exact) mass is 577 g/mol. The third-order valence-corrected chi connectivity index (χ3v) is 8.85. The fourth-order valence-corrected chi connectivity index (χ4v) is 6.87. The van der Waals surface area contributed by atoms with Gasteiger partial charge < -0.3 is 4.57 Å². The van der Waals surface area contributed by atoms with Gasteiger partial charge in [-0.3, -0.25) is 13.9 Å². The molecular weight excluding hydrogens is 550 g/mol. The van der Waals surface area contributed by atoms with E-state index in [9.17, 15) is 4.79 Å². The van der Waals surface area contributed by atoms with Crippen LogP contribution in [0.4, 0.5) is 0 Å². The molecule has 0 aliphatic heterocycles. The molecule has 4 heteroatoms. The number of aromatic nitrogens is 3. The van der Waals surface area contributed by atoms with Crippen LogP contribution in [0.25, 0.3) is 71.9 Å². The van der Waals surface area contributed by atoms with Crippen LogP contribution >= 0.6 is 0 Å². The molecule has 0 fully saturated rings. The zero-order valence-corrected chi connectivity index (χ0v) is 24.3. The number of para-hydroxylation sites is 4. The molecule has 9 aromatic rings. The summed E-state index contributed by atoms with van der Waals surface area (Å²) < 4.78 is 6.37. The van der Waals surface area contributed by atoms with Gasteiger partial charge in [-0.1, -0.05) is 84.9 Å². The van der Waals surface area contributed by atoms with Crippen LogP contribution in [0.15, 0.2) is 169 Å². The Morgan fingerprint density at radius 2 is 0.800 bits per heavy atom. The van der Waals surface area contributed by atoms with E-state index in [4.69, 9.17) is 0 Å². The van der Waals surface area contributed by atoms with Crippen LogP contribution in [0, 0.1) is 0 Å². The highest BCUT2D eigenvalue weighted by Gasteiger charge is 2.19. The summed E-state index contributed by atoms with van der Waals surface area (Å²) in [5.74, 6) is 0. The van der Waals surface area contributed by atoms with Gasteiger partial charge in [0, 0.05) is 39.0 Å². The second-order valence-electron chi connectivity index (χ2n) is 11.4. The molecule has 0 saturated heterocycles. The van der Waals surface area contributed by atoms with Crippen molar-refractivity contribution in [1.82, 2.24) is 13.7 Å². The number of hydrogen-bond donors (Lipinski definition) is 0. The average Bonchev–Trinajstić information content (AvgIpc) is 3.61. The Kier molecular flexibility index (Phi) is 5.62. The molecule has 9 rings (SSSR count). The predicted octanol–water partition coefficient (Wildman–Crippen LogP) is 9.70. The normalized spacial score (nSPS) is 11.6. The quantitative estimate of drug-likeness (QED) is 0.205. The maximum atomic E-state index is 13.5. The Labute approximate surface area is 259 Å². The van der Waals surface area contributed by atoms with Crippen LogP contribution in [-0.4, -0.2) is 13.7 Å². The summed E-state index contributed by atoms with van der Waals surface area (Å²) in [6.07, 6.45) is 0. The Balaban J connectivity index is 1.31. The van der Waals surface area contributed by atoms with Crippen LogP contribution < -0.4 is 5.56 Å². The van der Waals surface area contributed by atoms with Gasteiger partial charge >= 0.3 is 0 Å². The molecule has 0 bridgehead atoms. The van der Waals surface area contributed by atoms with E-state index < -0.39 is 0 Å². The van der Waals surface area contributed by atoms with Gasteiger partial charge in [0.15, 0.2) is 0 Å². The summed E-state index contributed by atoms with van der Waals surface area (Å²) in [6, 6.07) is 56.4. The third-order valence-electron chi connectivity index (χ3n) is 8.85. The minimum Gasteiger partial charge on any atom is -0.309 e. The lowest BCUT2D eigenvalue weighted by Gasteiger charge is -2.13. The smallest absolute Gasteiger partial charge is 0.256 e. The van der Waals surface area contributed by atoms with E-state index in [-0.39, 0.29) is 5.56 Å². The first-order valence-corrected chi connectivity index (χ1v) is 15.2. The largest absolute Gasteiger partial charge is 0.309 e. The molecule has 0 amide bonds. The highest BCUT2D eigenvalue weighted by Crippen LogP contribution is 2.38. The fraction of sp³-hybridized carbons (Fsp3) is 0. The van der Waals surface area contributed by atoms with E-state index in [1.807, 2.05) is 59.2 Å². The van der Waals surface area contributed by atoms with Gasteiger partial charge in [-0.05, 0) is 83.9 Å². The number of rotatable bonds is 4. The zero-order chi connectivity index (χ0) is 29.9. The van der Waals surface area contributed by atoms with Crippen molar-refractivity contribution in [2.24, 2.45) is 0 Å². The van der Waals surface area contributed by atoms with Crippen LogP contribution in [0.1, 0.15) is 0 Å². The van der Waals surface area contributed by atoms with Crippen LogP contribution in [0.3, 0.4) is 0 Å². The Bertz CT molecular complexity index is 2590. The van der Waals surface area contributed by atoms with Gasteiger partial charge in [0.05, 0.1) is 22.2 Å². The number of hydrogen-bond acceptors (Lipinski definition) is 1. The molecule has 0 N–H and O–H groups in total. The predicted molar refractivity (Wildman–Crippen MR) is 186 cm³/mol. The Hall–Kier alpha value is -6.13. The number of benzene rings is 6. The molecule has 0 radical (unpaired) electrons. The summed E-state index contributed by atoms with van der Waals surface area (Å²) in [5.41, 5.74) is 9.50. The zero-order valence-electron chi connectivity index (χ0n) is 24.3. The number of fused-ring (bicyclic) bond motifs is 6. The second-order valence-corrected chi connectivity index (χ2v) is 11.4. The summed E-state index contributed by atoms with van der Waals surface area (Å²) in [5, 5.41) is 4.58. The van der Waals surface area contributed by atoms with E-state index in [0.717, 1.165) is 50.1 Å². The Morgan fingerprint density at radius 3 is 1.42 bits per heavy atom. The molecule has 4 nitrogen and oxygen atoms in total. The molecular formula is C41H27N3O. The van der Waals surface area contributed by atoms with Crippen molar-refractivity contribution < 1.29 is 0 Å². The first kappa shape index (κ1) is 25.4. The summed E-state index contributed by atoms with van der Waals surface area (Å²) >= 11 is 0. The molecule has 3 heterocycles. The van der Waals surface area contributed by atoms with Crippen molar-refractivity contribution in [2.75, 3.05) is 0 Å². The Morgan fingerprint density at radius 1 is 0.333 bits per heavy atom. The van der Waals surface area contributed by atoms with Crippen molar-refractivity contribution in [3.8, 4) is 28.2 Å². The van der Waals surface area contributed by atoms with Crippen LogP contribution in [0.2, 0.25) is 0 Å². The van der Waals surface area contributed by atoms with E-state index >= 15 is 0 Å². The van der Waals surface area contributed by atoms with E-state index in [2.05, 4.69) is 112 Å². The average molecular weight is 578 g/mol. The van der Waals surface area contributed by atoms with Gasteiger partial charge in [0.25, 0.3) is 5.56 Å². The van der Waals surface area contributed by atoms with Gasteiger partial charge in [0.2, 0.25) is 0 Å². The molecule has 3 aromatic heterocycles. The lowest BCUT2D eigenvalue weighted by molar-refractivity contribution is 0.985. The SMILES string of the molecule is O=c1ccc2c3cc(-c4ccc5c(c4)c4ccccc4n5-c4ccccc4)ccc3n(-c3ccccc3)c2n1-c1ccccc1. The number of pyridine rings is 1. The fourth-order valence-electron chi connectivity index (χ4n) is 6.87. The summed E-state index contributed by atoms with van der Waals surface area (Å²) in [6.45, 7) is 0. The number of nitrogens with zero attached hydrogens (tertiary/aromatic N) is 3. The minimum absolute atomic E-state index is 0.0610. The van der Waals surface area contributed by atoms with Gasteiger partial charge in [-0.2, -0.15) is 0 Å². The standard InChI is InChI=1S/C41H27N3O/c45-40-25-22-34-36-27-29(21-24-39(36)43(31-14-6-2-7-15-31)41(34)44(40)32-16-8-3-9-17-32)28-20-23-38-35(26-28)33-18-10-11-19-37(33)42(38)30-12-4-1-5-13-30/h1-27H. The lowest BCUT2D eigenvalue weighted by atomic mass is 10.0. The topological polar surface area (TPSA) is 31.9 Å². The molecule has 6 aromatic carbocycles. The maximum Gasteiger partial charge on any atom is 0.256 e. The van der Waals surface area contributed by atoms with Gasteiger partial charge in [0.1, 0.15) is 5.65 Å². The molecule has 45 heavy (non-hydrogen) atoms. The first-order valence-electron chi connectivity index (χ1n) is 15.2. The third kappa shape index (κ3) is 3.89. The molecule has 0 unspecified atom stereocenters. The highest BCUT2D eigenvalue weighted by atomic mass is 16.1. The molecule has 0 aliphatic rings. The van der Waals surface area contributed by atoms with E-state index in [0.29, 0.717) is 0 Å². The van der Waals surface area contributed by atoms with Crippen molar-refractivity contribution >= 4 is 43.7 Å². The highest BCUT2D eigenvalue weighted by molar-refractivity contribution is 6.12. The molecule has 0 spiro atoms. The summed E-state index contributed by atoms with van der Waals surface area (Å²) in [4.78, 5) is 13.5. The molecule has 0 aliphatic carbocycles. The van der Waals surface area contributed by atoms with Gasteiger partial charge in [-0.25, -0.2) is 0 Å². The van der Waals surface area contributed by atoms with Gasteiger partial charge in [-0.15, -0.1) is 0 Å². The molecule has 0 saturated carbocycles. The molecule has 212 valence electrons. The van der Waals surface area contributed by atoms with Crippen molar-refractivity contribution in [3.05, 3.63) is 174 Å². The van der Waals surface area contributed by atoms with Crippen molar-refractivity contribution in [3.63, 3.8) is 0 Å². The first-order chi connectivity index (χ1) is 22.3. The van der Waals surface area contributed by atoms with Crippen LogP contribution in [0.5, 0.6) is 0 Å². The van der Waals surface area contributed by atoms with E-state index in [1.54, 1.807) is 6.07 Å².